The predicted molar refractivity (Wildman–Crippen MR) is 127 cm³/mol. The Hall–Kier alpha value is -2.94. The number of amides is 2. The number of hydrogen-bond donors (Lipinski definition) is 1. The number of carbonyl (C=O) groups is 2. The van der Waals surface area contributed by atoms with Crippen LogP contribution < -0.4 is 10.1 Å². The molecule has 2 heterocycles. The van der Waals surface area contributed by atoms with Gasteiger partial charge in [0.05, 0.1) is 24.4 Å². The highest BCUT2D eigenvalue weighted by molar-refractivity contribution is 7.13. The van der Waals surface area contributed by atoms with Crippen LogP contribution in [-0.2, 0) is 4.79 Å². The third kappa shape index (κ3) is 5.27. The molecule has 1 N–H and O–H groups in total. The molecular formula is C23H23ClN4O3S. The van der Waals surface area contributed by atoms with Crippen LogP contribution in [0.2, 0.25) is 5.02 Å². The summed E-state index contributed by atoms with van der Waals surface area (Å²) in [5.74, 6) is 0.572. The lowest BCUT2D eigenvalue weighted by Gasteiger charge is -2.34. The number of para-hydroxylation sites is 1. The molecule has 1 fully saturated rings. The number of piperazine rings is 1. The molecule has 3 aromatic rings. The summed E-state index contributed by atoms with van der Waals surface area (Å²) in [6, 6.07) is 14.8. The molecule has 0 bridgehead atoms. The number of anilines is 1. The molecule has 0 spiro atoms. The molecule has 1 aromatic heterocycles. The molecule has 4 rings (SSSR count). The van der Waals surface area contributed by atoms with Gasteiger partial charge in [-0.2, -0.15) is 0 Å². The van der Waals surface area contributed by atoms with E-state index in [9.17, 15) is 9.59 Å². The standard InChI is InChI=1S/C23H23ClN4O3S/c1-31-17-8-6-16(7-9-17)22-26-20(15-32-22)23(30)28-12-10-27(11-13-28)14-21(29)25-19-5-3-2-4-18(19)24/h2-9,15H,10-14H2,1H3,(H,25,29). The molecular weight excluding hydrogens is 448 g/mol. The second kappa shape index (κ2) is 10.1. The van der Waals surface area contributed by atoms with E-state index >= 15 is 0 Å². The first-order valence-electron chi connectivity index (χ1n) is 10.2. The van der Waals surface area contributed by atoms with Gasteiger partial charge in [-0.3, -0.25) is 14.5 Å². The molecule has 166 valence electrons. The number of halogens is 1. The monoisotopic (exact) mass is 470 g/mol. The molecule has 0 saturated carbocycles. The third-order valence-electron chi connectivity index (χ3n) is 5.23. The summed E-state index contributed by atoms with van der Waals surface area (Å²) >= 11 is 7.54. The molecule has 0 atom stereocenters. The Balaban J connectivity index is 1.29. The highest BCUT2D eigenvalue weighted by Crippen LogP contribution is 2.26. The molecule has 1 aliphatic rings. The van der Waals surface area contributed by atoms with E-state index in [0.717, 1.165) is 16.3 Å². The molecule has 2 aromatic carbocycles. The van der Waals surface area contributed by atoms with E-state index in [4.69, 9.17) is 16.3 Å². The zero-order valence-corrected chi connectivity index (χ0v) is 19.2. The Kier molecular flexibility index (Phi) is 7.04. The van der Waals surface area contributed by atoms with E-state index in [1.807, 2.05) is 41.3 Å². The number of hydrogen-bond acceptors (Lipinski definition) is 6. The topological polar surface area (TPSA) is 74.8 Å². The number of benzene rings is 2. The normalized spacial score (nSPS) is 14.2. The summed E-state index contributed by atoms with van der Waals surface area (Å²) in [4.78, 5) is 33.6. The van der Waals surface area contributed by atoms with Crippen LogP contribution in [0.5, 0.6) is 5.75 Å². The van der Waals surface area contributed by atoms with Crippen LogP contribution in [0, 0.1) is 0 Å². The summed E-state index contributed by atoms with van der Waals surface area (Å²) in [6.07, 6.45) is 0. The van der Waals surface area contributed by atoms with E-state index in [2.05, 4.69) is 10.3 Å². The van der Waals surface area contributed by atoms with Gasteiger partial charge in [-0.05, 0) is 36.4 Å². The first-order valence-corrected chi connectivity index (χ1v) is 11.4. The molecule has 32 heavy (non-hydrogen) atoms. The Labute approximate surface area is 195 Å². The van der Waals surface area contributed by atoms with Gasteiger partial charge < -0.3 is 15.0 Å². The van der Waals surface area contributed by atoms with Crippen molar-refractivity contribution in [3.05, 3.63) is 64.6 Å². The molecule has 1 aliphatic heterocycles. The maximum absolute atomic E-state index is 12.9. The summed E-state index contributed by atoms with van der Waals surface area (Å²) in [6.45, 7) is 2.60. The van der Waals surface area contributed by atoms with Crippen LogP contribution >= 0.6 is 22.9 Å². The number of methoxy groups -OCH3 is 1. The lowest BCUT2D eigenvalue weighted by atomic mass is 10.2. The molecule has 1 saturated heterocycles. The molecule has 7 nitrogen and oxygen atoms in total. The molecule has 2 amide bonds. The van der Waals surface area contributed by atoms with Crippen LogP contribution in [-0.4, -0.2) is 66.4 Å². The lowest BCUT2D eigenvalue weighted by molar-refractivity contribution is -0.117. The minimum atomic E-state index is -0.124. The zero-order chi connectivity index (χ0) is 22.5. The van der Waals surface area contributed by atoms with Crippen LogP contribution in [0.15, 0.2) is 53.9 Å². The fraction of sp³-hybridized carbons (Fsp3) is 0.261. The number of aromatic nitrogens is 1. The van der Waals surface area contributed by atoms with Gasteiger partial charge >= 0.3 is 0 Å². The van der Waals surface area contributed by atoms with Gasteiger partial charge in [0.1, 0.15) is 16.5 Å². The average Bonchev–Trinajstić information content (AvgIpc) is 3.31. The zero-order valence-electron chi connectivity index (χ0n) is 17.6. The van der Waals surface area contributed by atoms with Gasteiger partial charge in [-0.15, -0.1) is 11.3 Å². The number of nitrogens with zero attached hydrogens (tertiary/aromatic N) is 3. The number of nitrogens with one attached hydrogen (secondary N) is 1. The summed E-state index contributed by atoms with van der Waals surface area (Å²) in [5, 5.41) is 5.94. The van der Waals surface area contributed by atoms with E-state index in [-0.39, 0.29) is 18.4 Å². The van der Waals surface area contributed by atoms with Crippen LogP contribution in [0.1, 0.15) is 10.5 Å². The predicted octanol–water partition coefficient (Wildman–Crippen LogP) is 3.87. The summed E-state index contributed by atoms with van der Waals surface area (Å²) < 4.78 is 5.18. The number of carbonyl (C=O) groups excluding carboxylic acids is 2. The van der Waals surface area contributed by atoms with Crippen LogP contribution in [0.3, 0.4) is 0 Å². The molecule has 0 unspecified atom stereocenters. The van der Waals surface area contributed by atoms with Crippen molar-refractivity contribution in [2.75, 3.05) is 45.2 Å². The van der Waals surface area contributed by atoms with E-state index in [1.165, 1.54) is 11.3 Å². The summed E-state index contributed by atoms with van der Waals surface area (Å²) in [5.41, 5.74) is 2.00. The smallest absolute Gasteiger partial charge is 0.273 e. The van der Waals surface area contributed by atoms with Gasteiger partial charge in [0.25, 0.3) is 5.91 Å². The first kappa shape index (κ1) is 22.3. The lowest BCUT2D eigenvalue weighted by Crippen LogP contribution is -2.50. The number of ether oxygens (including phenoxy) is 1. The van der Waals surface area contributed by atoms with Crippen LogP contribution in [0.4, 0.5) is 5.69 Å². The highest BCUT2D eigenvalue weighted by Gasteiger charge is 2.25. The van der Waals surface area contributed by atoms with Gasteiger partial charge in [0.2, 0.25) is 5.91 Å². The van der Waals surface area contributed by atoms with Crippen molar-refractivity contribution < 1.29 is 14.3 Å². The molecule has 0 aliphatic carbocycles. The third-order valence-corrected chi connectivity index (χ3v) is 6.46. The van der Waals surface area contributed by atoms with Crippen molar-refractivity contribution in [2.24, 2.45) is 0 Å². The fourth-order valence-electron chi connectivity index (χ4n) is 3.46. The van der Waals surface area contributed by atoms with Gasteiger partial charge in [0, 0.05) is 37.1 Å². The van der Waals surface area contributed by atoms with E-state index in [0.29, 0.717) is 42.6 Å². The van der Waals surface area contributed by atoms with Gasteiger partial charge in [-0.25, -0.2) is 4.98 Å². The quantitative estimate of drug-likeness (QED) is 0.592. The first-order chi connectivity index (χ1) is 15.5. The van der Waals surface area contributed by atoms with E-state index in [1.54, 1.807) is 29.5 Å². The second-order valence-corrected chi connectivity index (χ2v) is 8.63. The number of rotatable bonds is 6. The van der Waals surface area contributed by atoms with Crippen LogP contribution in [0.25, 0.3) is 10.6 Å². The van der Waals surface area contributed by atoms with Gasteiger partial charge in [-0.1, -0.05) is 23.7 Å². The SMILES string of the molecule is COc1ccc(-c2nc(C(=O)N3CCN(CC(=O)Nc4ccccc4Cl)CC3)cs2)cc1. The second-order valence-electron chi connectivity index (χ2n) is 7.36. The van der Waals surface area contributed by atoms with Crippen molar-refractivity contribution in [3.8, 4) is 16.3 Å². The van der Waals surface area contributed by atoms with Crippen molar-refractivity contribution in [2.45, 2.75) is 0 Å². The average molecular weight is 471 g/mol. The minimum Gasteiger partial charge on any atom is -0.497 e. The van der Waals surface area contributed by atoms with Crippen molar-refractivity contribution in [3.63, 3.8) is 0 Å². The van der Waals surface area contributed by atoms with Crippen molar-refractivity contribution in [1.82, 2.24) is 14.8 Å². The largest absolute Gasteiger partial charge is 0.497 e. The molecule has 9 heteroatoms. The maximum atomic E-state index is 12.9. The van der Waals surface area contributed by atoms with Gasteiger partial charge in [0.15, 0.2) is 0 Å². The Morgan fingerprint density at radius 2 is 1.81 bits per heavy atom. The Morgan fingerprint density at radius 1 is 1.09 bits per heavy atom. The highest BCUT2D eigenvalue weighted by atomic mass is 35.5. The van der Waals surface area contributed by atoms with Crippen molar-refractivity contribution in [1.29, 1.82) is 0 Å². The number of thiazole rings is 1. The Morgan fingerprint density at radius 3 is 2.50 bits per heavy atom. The fourth-order valence-corrected chi connectivity index (χ4v) is 4.45. The Bertz CT molecular complexity index is 1090. The minimum absolute atomic E-state index is 0.0822. The summed E-state index contributed by atoms with van der Waals surface area (Å²) in [7, 11) is 1.63. The molecule has 0 radical (unpaired) electrons. The van der Waals surface area contributed by atoms with E-state index < -0.39 is 0 Å². The maximum Gasteiger partial charge on any atom is 0.273 e. The van der Waals surface area contributed by atoms with Crippen molar-refractivity contribution >= 4 is 40.4 Å².